The van der Waals surface area contributed by atoms with E-state index in [4.69, 9.17) is 9.47 Å². The van der Waals surface area contributed by atoms with Crippen LogP contribution < -0.4 is 38.0 Å². The van der Waals surface area contributed by atoms with Gasteiger partial charge < -0.3 is 38.6 Å². The van der Waals surface area contributed by atoms with Gasteiger partial charge in [0.05, 0.1) is 13.7 Å². The summed E-state index contributed by atoms with van der Waals surface area (Å²) in [6.07, 6.45) is 1.46. The number of ether oxygens (including phenoxy) is 2. The van der Waals surface area contributed by atoms with E-state index in [0.29, 0.717) is 12.3 Å². The van der Waals surface area contributed by atoms with E-state index < -0.39 is 6.10 Å². The zero-order valence-electron chi connectivity index (χ0n) is 16.3. The lowest BCUT2D eigenvalue weighted by Gasteiger charge is -2.12. The molecule has 0 saturated heterocycles. The van der Waals surface area contributed by atoms with Crippen LogP contribution >= 0.6 is 0 Å². The molecule has 0 aliphatic rings. The summed E-state index contributed by atoms with van der Waals surface area (Å²) in [5.74, 6) is 1.43. The van der Waals surface area contributed by atoms with Crippen LogP contribution in [0, 0.1) is 13.8 Å². The van der Waals surface area contributed by atoms with Crippen LogP contribution in [-0.4, -0.2) is 29.5 Å². The fraction of sp³-hybridized carbons (Fsp3) is 0.381. The number of aliphatic hydroxyl groups is 1. The minimum Gasteiger partial charge on any atom is -1.00 e. The van der Waals surface area contributed by atoms with Gasteiger partial charge in [0.2, 0.25) is 6.33 Å². The van der Waals surface area contributed by atoms with Gasteiger partial charge in [-0.25, -0.2) is 9.13 Å². The molecular formula is C21H27IN2O3. The van der Waals surface area contributed by atoms with Crippen LogP contribution in [0.25, 0.3) is 11.0 Å². The van der Waals surface area contributed by atoms with Crippen molar-refractivity contribution < 1.29 is 43.1 Å². The second kappa shape index (κ2) is 9.41. The molecule has 0 spiro atoms. The molecule has 0 saturated carbocycles. The molecule has 1 aromatic heterocycles. The molecule has 5 nitrogen and oxygen atoms in total. The monoisotopic (exact) mass is 482 g/mol. The lowest BCUT2D eigenvalue weighted by atomic mass is 10.1. The van der Waals surface area contributed by atoms with Gasteiger partial charge in [0.1, 0.15) is 30.8 Å². The lowest BCUT2D eigenvalue weighted by Crippen LogP contribution is -3.00. The molecule has 0 bridgehead atoms. The van der Waals surface area contributed by atoms with Gasteiger partial charge in [0.25, 0.3) is 0 Å². The van der Waals surface area contributed by atoms with Crippen molar-refractivity contribution in [2.75, 3.05) is 13.7 Å². The number of rotatable bonds is 7. The predicted molar refractivity (Wildman–Crippen MR) is 102 cm³/mol. The van der Waals surface area contributed by atoms with E-state index in [1.807, 2.05) is 24.3 Å². The van der Waals surface area contributed by atoms with Gasteiger partial charge in [-0.05, 0) is 56.2 Å². The number of benzene rings is 2. The second-order valence-electron chi connectivity index (χ2n) is 6.62. The maximum Gasteiger partial charge on any atom is 0.244 e. The topological polar surface area (TPSA) is 47.5 Å². The van der Waals surface area contributed by atoms with E-state index in [2.05, 4.69) is 48.4 Å². The van der Waals surface area contributed by atoms with Crippen molar-refractivity contribution >= 4 is 11.0 Å². The smallest absolute Gasteiger partial charge is 0.244 e. The van der Waals surface area contributed by atoms with Crippen LogP contribution in [0.2, 0.25) is 0 Å². The average molecular weight is 482 g/mol. The molecule has 1 heterocycles. The molecule has 27 heavy (non-hydrogen) atoms. The van der Waals surface area contributed by atoms with Crippen molar-refractivity contribution in [1.29, 1.82) is 0 Å². The normalized spacial score (nSPS) is 11.9. The highest BCUT2D eigenvalue weighted by Gasteiger charge is 2.19. The molecule has 1 unspecified atom stereocenters. The number of hydrogen-bond acceptors (Lipinski definition) is 3. The summed E-state index contributed by atoms with van der Waals surface area (Å²) in [5.41, 5.74) is 4.86. The second-order valence-corrected chi connectivity index (χ2v) is 6.62. The number of aliphatic hydroxyl groups excluding tert-OH is 1. The fourth-order valence-electron chi connectivity index (χ4n) is 3.10. The molecule has 2 aromatic carbocycles. The van der Waals surface area contributed by atoms with Crippen LogP contribution in [0.15, 0.2) is 42.7 Å². The minimum atomic E-state index is -0.608. The summed E-state index contributed by atoms with van der Waals surface area (Å²) in [7, 11) is 1.62. The van der Waals surface area contributed by atoms with Crippen LogP contribution in [0.5, 0.6) is 11.5 Å². The van der Waals surface area contributed by atoms with Crippen molar-refractivity contribution in [2.24, 2.45) is 0 Å². The zero-order chi connectivity index (χ0) is 18.7. The van der Waals surface area contributed by atoms with Crippen molar-refractivity contribution in [3.8, 4) is 11.5 Å². The van der Waals surface area contributed by atoms with E-state index in [0.717, 1.165) is 17.8 Å². The Morgan fingerprint density at radius 1 is 1.11 bits per heavy atom. The molecule has 3 aromatic rings. The largest absolute Gasteiger partial charge is 1.00 e. The first-order valence-corrected chi connectivity index (χ1v) is 8.96. The summed E-state index contributed by atoms with van der Waals surface area (Å²) in [6.45, 7) is 7.97. The summed E-state index contributed by atoms with van der Waals surface area (Å²) in [6, 6.07) is 11.8. The number of imidazole rings is 1. The third-order valence-corrected chi connectivity index (χ3v) is 4.72. The number of methoxy groups -OCH3 is 1. The molecule has 0 amide bonds. The molecule has 0 aliphatic carbocycles. The van der Waals surface area contributed by atoms with Crippen LogP contribution in [0.3, 0.4) is 0 Å². The zero-order valence-corrected chi connectivity index (χ0v) is 18.4. The Kier molecular flexibility index (Phi) is 7.49. The Bertz CT molecular complexity index is 908. The summed E-state index contributed by atoms with van der Waals surface area (Å²) in [4.78, 5) is 0. The third kappa shape index (κ3) is 4.93. The Hall–Kier alpha value is -1.80. The van der Waals surface area contributed by atoms with E-state index in [-0.39, 0.29) is 30.6 Å². The molecule has 3 rings (SSSR count). The molecule has 1 N–H and O–H groups in total. The number of aryl methyl sites for hydroxylation is 3. The first-order valence-electron chi connectivity index (χ1n) is 8.96. The Balaban J connectivity index is 0.00000261. The van der Waals surface area contributed by atoms with Gasteiger partial charge in [0, 0.05) is 6.07 Å². The van der Waals surface area contributed by atoms with Crippen molar-refractivity contribution in [3.63, 3.8) is 0 Å². The Morgan fingerprint density at radius 3 is 2.52 bits per heavy atom. The van der Waals surface area contributed by atoms with E-state index >= 15 is 0 Å². The predicted octanol–water partition coefficient (Wildman–Crippen LogP) is 0.0180. The van der Waals surface area contributed by atoms with Gasteiger partial charge in [-0.1, -0.05) is 6.07 Å². The highest BCUT2D eigenvalue weighted by atomic mass is 127. The molecule has 1 atom stereocenters. The molecule has 0 fully saturated rings. The van der Waals surface area contributed by atoms with Crippen LogP contribution in [-0.2, 0) is 13.1 Å². The van der Waals surface area contributed by atoms with Crippen molar-refractivity contribution in [1.82, 2.24) is 4.57 Å². The van der Waals surface area contributed by atoms with Crippen LogP contribution in [0.1, 0.15) is 18.1 Å². The number of halogens is 1. The maximum absolute atomic E-state index is 10.5. The van der Waals surface area contributed by atoms with E-state index in [1.165, 1.54) is 16.6 Å². The van der Waals surface area contributed by atoms with Crippen molar-refractivity contribution in [3.05, 3.63) is 53.9 Å². The van der Waals surface area contributed by atoms with Crippen molar-refractivity contribution in [2.45, 2.75) is 40.0 Å². The SMILES string of the molecule is CCn1c[n+](CC(O)COc2cccc(OC)c2)c2cc(C)c(C)cc21.[I-]. The number of aromatic nitrogens is 2. The fourth-order valence-corrected chi connectivity index (χ4v) is 3.10. The Labute approximate surface area is 177 Å². The van der Waals surface area contributed by atoms with Gasteiger partial charge in [0.15, 0.2) is 11.0 Å². The highest BCUT2D eigenvalue weighted by Crippen LogP contribution is 2.20. The molecule has 0 aliphatic heterocycles. The average Bonchev–Trinajstić information content (AvgIpc) is 2.97. The van der Waals surface area contributed by atoms with Gasteiger partial charge >= 0.3 is 0 Å². The van der Waals surface area contributed by atoms with Crippen LogP contribution in [0.4, 0.5) is 0 Å². The van der Waals surface area contributed by atoms with Gasteiger partial charge in [-0.15, -0.1) is 0 Å². The number of fused-ring (bicyclic) bond motifs is 1. The standard InChI is InChI=1S/C21H27N2O3.HI/c1-5-22-14-23(21-10-16(3)15(2)9-20(21)22)12-17(24)13-26-19-8-6-7-18(11-19)25-4;/h6-11,14,17,24H,5,12-13H2,1-4H3;1H/q+1;/p-1. The molecule has 6 heteroatoms. The summed E-state index contributed by atoms with van der Waals surface area (Å²) in [5, 5.41) is 10.5. The Morgan fingerprint density at radius 2 is 1.81 bits per heavy atom. The first kappa shape index (κ1) is 21.5. The molecular weight excluding hydrogens is 455 g/mol. The van der Waals surface area contributed by atoms with E-state index in [1.54, 1.807) is 7.11 Å². The van der Waals surface area contributed by atoms with Gasteiger partial charge in [-0.2, -0.15) is 0 Å². The lowest BCUT2D eigenvalue weighted by molar-refractivity contribution is -0.679. The highest BCUT2D eigenvalue weighted by molar-refractivity contribution is 5.74. The van der Waals surface area contributed by atoms with E-state index in [9.17, 15) is 5.11 Å². The number of hydrogen-bond donors (Lipinski definition) is 1. The molecule has 0 radical (unpaired) electrons. The maximum atomic E-state index is 10.5. The number of nitrogens with zero attached hydrogens (tertiary/aromatic N) is 2. The minimum absolute atomic E-state index is 0. The first-order chi connectivity index (χ1) is 12.5. The quantitative estimate of drug-likeness (QED) is 0.382. The van der Waals surface area contributed by atoms with Gasteiger partial charge in [-0.3, -0.25) is 0 Å². The summed E-state index contributed by atoms with van der Waals surface area (Å²) < 4.78 is 15.2. The summed E-state index contributed by atoms with van der Waals surface area (Å²) >= 11 is 0. The third-order valence-electron chi connectivity index (χ3n) is 4.72. The molecule has 146 valence electrons.